The first kappa shape index (κ1) is 81.8. The van der Waals surface area contributed by atoms with Gasteiger partial charge in [-0.3, -0.25) is 18.6 Å². The van der Waals surface area contributed by atoms with E-state index >= 15 is 0 Å². The lowest BCUT2D eigenvalue weighted by Crippen LogP contribution is -2.29. The van der Waals surface area contributed by atoms with E-state index in [1.165, 1.54) is 347 Å². The first-order valence-corrected chi connectivity index (χ1v) is 38.7. The summed E-state index contributed by atoms with van der Waals surface area (Å²) in [6.45, 7) is 3.84. The molecular weight excluding hydrogens is 1050 g/mol. The number of phosphoric ester groups is 1. The van der Waals surface area contributed by atoms with Crippen molar-refractivity contribution in [2.45, 2.75) is 418 Å². The van der Waals surface area contributed by atoms with Crippen molar-refractivity contribution in [1.82, 2.24) is 0 Å². The highest BCUT2D eigenvalue weighted by atomic mass is 31.2. The van der Waals surface area contributed by atoms with Gasteiger partial charge in [0.25, 0.3) is 0 Å². The van der Waals surface area contributed by atoms with Crippen LogP contribution in [0.25, 0.3) is 0 Å². The lowest BCUT2D eigenvalue weighted by atomic mass is 10.0. The van der Waals surface area contributed by atoms with Gasteiger partial charge in [-0.1, -0.05) is 373 Å². The van der Waals surface area contributed by atoms with Gasteiger partial charge in [0.15, 0.2) is 6.10 Å². The number of esters is 2. The van der Waals surface area contributed by atoms with E-state index in [0.29, 0.717) is 6.42 Å². The fraction of sp³-hybridized carbons (Fsp3) is 0.945. The van der Waals surface area contributed by atoms with Crippen molar-refractivity contribution < 1.29 is 37.6 Å². The molecule has 0 aromatic rings. The molecule has 0 aromatic heterocycles. The van der Waals surface area contributed by atoms with Gasteiger partial charge < -0.3 is 20.1 Å². The van der Waals surface area contributed by atoms with Gasteiger partial charge in [-0.2, -0.15) is 0 Å². The summed E-state index contributed by atoms with van der Waals surface area (Å²) in [6.07, 6.45) is 84.8. The van der Waals surface area contributed by atoms with Gasteiger partial charge in [-0.25, -0.2) is 4.57 Å². The van der Waals surface area contributed by atoms with E-state index in [9.17, 15) is 19.0 Å². The van der Waals surface area contributed by atoms with Crippen molar-refractivity contribution in [3.05, 3.63) is 12.2 Å². The Balaban J connectivity index is 3.75. The molecule has 0 heterocycles. The first-order valence-electron chi connectivity index (χ1n) is 37.2. The summed E-state index contributed by atoms with van der Waals surface area (Å²) < 4.78 is 33.2. The molecule has 9 nitrogen and oxygen atoms in total. The third-order valence-corrected chi connectivity index (χ3v) is 18.1. The highest BCUT2D eigenvalue weighted by Crippen LogP contribution is 2.43. The van der Waals surface area contributed by atoms with Gasteiger partial charge in [-0.05, 0) is 38.5 Å². The summed E-state index contributed by atoms with van der Waals surface area (Å²) in [7, 11) is -4.39. The van der Waals surface area contributed by atoms with Gasteiger partial charge in [0.1, 0.15) is 6.61 Å². The predicted octanol–water partition coefficient (Wildman–Crippen LogP) is 24.3. The Morgan fingerprint density at radius 2 is 0.590 bits per heavy atom. The number of carbonyl (C=O) groups excluding carboxylic acids is 2. The van der Waals surface area contributed by atoms with E-state index in [1.54, 1.807) is 0 Å². The molecule has 0 radical (unpaired) electrons. The molecule has 0 amide bonds. The summed E-state index contributed by atoms with van der Waals surface area (Å²) in [5.74, 6) is -0.798. The molecule has 0 saturated carbocycles. The average molecular weight is 1190 g/mol. The van der Waals surface area contributed by atoms with Crippen LogP contribution in [0.2, 0.25) is 0 Å². The maximum atomic E-state index is 12.8. The first-order chi connectivity index (χ1) is 40.8. The molecular formula is C73H144NO8P. The molecule has 0 aliphatic rings. The van der Waals surface area contributed by atoms with E-state index in [1.807, 2.05) is 0 Å². The molecule has 3 N–H and O–H groups in total. The lowest BCUT2D eigenvalue weighted by Gasteiger charge is -2.19. The van der Waals surface area contributed by atoms with E-state index in [0.717, 1.165) is 32.1 Å². The molecule has 0 fully saturated rings. The number of hydrogen-bond donors (Lipinski definition) is 2. The summed E-state index contributed by atoms with van der Waals surface area (Å²) in [4.78, 5) is 35.4. The molecule has 0 aliphatic carbocycles. The van der Waals surface area contributed by atoms with Gasteiger partial charge in [0.05, 0.1) is 13.2 Å². The van der Waals surface area contributed by atoms with Crippen molar-refractivity contribution >= 4 is 19.8 Å². The van der Waals surface area contributed by atoms with E-state index in [2.05, 4.69) is 26.0 Å². The lowest BCUT2D eigenvalue weighted by molar-refractivity contribution is -0.161. The van der Waals surface area contributed by atoms with Gasteiger partial charge in [0, 0.05) is 19.4 Å². The standard InChI is InChI=1S/C73H144NO8P/c1-3-5-7-9-11-13-15-17-19-21-23-25-27-29-30-31-32-33-34-35-36-37-38-39-40-42-44-46-48-50-52-54-56-58-60-62-64-66-73(76)82-71(70-81-83(77,78)80-68-67-74)69-79-72(75)65-63-61-59-57-55-53-51-49-47-45-43-41-28-26-24-22-20-18-16-14-12-10-8-6-4-2/h21,23,71H,3-20,22,24-70,74H2,1-2H3,(H,77,78)/b23-21-. The minimum Gasteiger partial charge on any atom is -0.462 e. The molecule has 0 saturated heterocycles. The van der Waals surface area contributed by atoms with Crippen LogP contribution < -0.4 is 5.73 Å². The van der Waals surface area contributed by atoms with Crippen LogP contribution in [0.15, 0.2) is 12.2 Å². The van der Waals surface area contributed by atoms with Crippen LogP contribution in [0.1, 0.15) is 412 Å². The van der Waals surface area contributed by atoms with E-state index in [4.69, 9.17) is 24.3 Å². The highest BCUT2D eigenvalue weighted by molar-refractivity contribution is 7.47. The van der Waals surface area contributed by atoms with Crippen molar-refractivity contribution in [3.8, 4) is 0 Å². The Morgan fingerprint density at radius 1 is 0.349 bits per heavy atom. The molecule has 0 rings (SSSR count). The van der Waals surface area contributed by atoms with E-state index < -0.39 is 26.5 Å². The second-order valence-electron chi connectivity index (χ2n) is 25.5. The average Bonchev–Trinajstić information content (AvgIpc) is 3.49. The van der Waals surface area contributed by atoms with Crippen LogP contribution in [0, 0.1) is 0 Å². The third kappa shape index (κ3) is 69.7. The zero-order valence-corrected chi connectivity index (χ0v) is 56.6. The molecule has 83 heavy (non-hydrogen) atoms. The molecule has 0 aliphatic heterocycles. The predicted molar refractivity (Wildman–Crippen MR) is 358 cm³/mol. The quantitative estimate of drug-likeness (QED) is 0.0264. The monoisotopic (exact) mass is 1190 g/mol. The number of rotatable bonds is 72. The number of nitrogens with two attached hydrogens (primary N) is 1. The van der Waals surface area contributed by atoms with Crippen LogP contribution in [-0.2, 0) is 32.7 Å². The molecule has 2 atom stereocenters. The van der Waals surface area contributed by atoms with Crippen LogP contribution in [0.3, 0.4) is 0 Å². The SMILES string of the molecule is CCCCCCCCCC/C=C\CCCCCCCCCCCCCCCCCCCCCCCCCCCC(=O)OC(COC(=O)CCCCCCCCCCCCCCCCCCCCCCCCCCC)COP(=O)(O)OCCN. The Hall–Kier alpha value is -1.25. The van der Waals surface area contributed by atoms with Crippen LogP contribution in [-0.4, -0.2) is 49.3 Å². The van der Waals surface area contributed by atoms with Crippen LogP contribution in [0.4, 0.5) is 0 Å². The largest absolute Gasteiger partial charge is 0.472 e. The van der Waals surface area contributed by atoms with Crippen molar-refractivity contribution in [2.24, 2.45) is 5.73 Å². The maximum Gasteiger partial charge on any atom is 0.472 e. The van der Waals surface area contributed by atoms with Gasteiger partial charge >= 0.3 is 19.8 Å². The highest BCUT2D eigenvalue weighted by Gasteiger charge is 2.26. The maximum absolute atomic E-state index is 12.8. The number of phosphoric acid groups is 1. The number of ether oxygens (including phenoxy) is 2. The summed E-state index contributed by atoms with van der Waals surface area (Å²) in [5, 5.41) is 0. The minimum atomic E-state index is -4.39. The van der Waals surface area contributed by atoms with Crippen molar-refractivity contribution in [3.63, 3.8) is 0 Å². The van der Waals surface area contributed by atoms with E-state index in [-0.39, 0.29) is 38.6 Å². The second kappa shape index (κ2) is 69.8. The topological polar surface area (TPSA) is 134 Å². The molecule has 0 spiro atoms. The zero-order chi connectivity index (χ0) is 60.1. The third-order valence-electron chi connectivity index (χ3n) is 17.2. The summed E-state index contributed by atoms with van der Waals surface area (Å²) in [5.41, 5.74) is 5.41. The molecule has 494 valence electrons. The Morgan fingerprint density at radius 3 is 0.855 bits per heavy atom. The number of carbonyl (C=O) groups is 2. The second-order valence-corrected chi connectivity index (χ2v) is 27.0. The number of allylic oxidation sites excluding steroid dienone is 2. The Kier molecular flexibility index (Phi) is 68.8. The number of unbranched alkanes of at least 4 members (excludes halogenated alkanes) is 57. The number of hydrogen-bond acceptors (Lipinski definition) is 8. The fourth-order valence-corrected chi connectivity index (χ4v) is 12.4. The van der Waals surface area contributed by atoms with Crippen LogP contribution >= 0.6 is 7.82 Å². The molecule has 0 bridgehead atoms. The van der Waals surface area contributed by atoms with Crippen molar-refractivity contribution in [1.29, 1.82) is 0 Å². The molecule has 10 heteroatoms. The smallest absolute Gasteiger partial charge is 0.462 e. The summed E-state index contributed by atoms with van der Waals surface area (Å²) in [6, 6.07) is 0. The minimum absolute atomic E-state index is 0.0582. The van der Waals surface area contributed by atoms with Gasteiger partial charge in [-0.15, -0.1) is 0 Å². The summed E-state index contributed by atoms with van der Waals surface area (Å²) >= 11 is 0. The van der Waals surface area contributed by atoms with Gasteiger partial charge in [0.2, 0.25) is 0 Å². The Bertz CT molecular complexity index is 1360. The van der Waals surface area contributed by atoms with Crippen LogP contribution in [0.5, 0.6) is 0 Å². The zero-order valence-electron chi connectivity index (χ0n) is 55.7. The molecule has 2 unspecified atom stereocenters. The fourth-order valence-electron chi connectivity index (χ4n) is 11.6. The molecule has 0 aromatic carbocycles. The Labute approximate surface area is 517 Å². The normalized spacial score (nSPS) is 12.9. The van der Waals surface area contributed by atoms with Crippen molar-refractivity contribution in [2.75, 3.05) is 26.4 Å².